The average molecular weight is 449 g/mol. The SMILES string of the molecule is CCc1cn(CCCc2ccc(OC3CCNCC3)cc2)c(-c2cc3sccc3n2C)n1. The monoisotopic (exact) mass is 448 g/mol. The second kappa shape index (κ2) is 9.51. The van der Waals surface area contributed by atoms with Crippen LogP contribution in [-0.2, 0) is 26.4 Å². The van der Waals surface area contributed by atoms with Crippen LogP contribution in [0.2, 0.25) is 0 Å². The minimum atomic E-state index is 0.349. The van der Waals surface area contributed by atoms with Crippen molar-refractivity contribution in [3.05, 3.63) is 59.2 Å². The molecule has 0 aliphatic carbocycles. The molecule has 168 valence electrons. The third-order valence-corrected chi connectivity index (χ3v) is 7.31. The van der Waals surface area contributed by atoms with E-state index in [9.17, 15) is 0 Å². The van der Waals surface area contributed by atoms with Crippen molar-refractivity contribution in [1.82, 2.24) is 19.4 Å². The summed E-state index contributed by atoms with van der Waals surface area (Å²) >= 11 is 1.79. The first-order valence-electron chi connectivity index (χ1n) is 11.8. The van der Waals surface area contributed by atoms with Crippen LogP contribution in [0.25, 0.3) is 21.7 Å². The number of aryl methyl sites for hydroxylation is 4. The number of nitrogens with zero attached hydrogens (tertiary/aromatic N) is 3. The molecule has 5 rings (SSSR count). The number of fused-ring (bicyclic) bond motifs is 1. The maximum absolute atomic E-state index is 6.14. The smallest absolute Gasteiger partial charge is 0.156 e. The van der Waals surface area contributed by atoms with E-state index >= 15 is 0 Å². The molecule has 0 radical (unpaired) electrons. The summed E-state index contributed by atoms with van der Waals surface area (Å²) in [6, 6.07) is 13.2. The van der Waals surface area contributed by atoms with Crippen molar-refractivity contribution in [3.8, 4) is 17.3 Å². The molecule has 1 saturated heterocycles. The van der Waals surface area contributed by atoms with Crippen LogP contribution in [0, 0.1) is 0 Å². The Morgan fingerprint density at radius 3 is 2.72 bits per heavy atom. The molecular weight excluding hydrogens is 416 g/mol. The molecule has 5 nitrogen and oxygen atoms in total. The van der Waals surface area contributed by atoms with Gasteiger partial charge in [-0.3, -0.25) is 0 Å². The molecule has 1 N–H and O–H groups in total. The number of thiophene rings is 1. The third-order valence-electron chi connectivity index (χ3n) is 6.46. The maximum Gasteiger partial charge on any atom is 0.156 e. The van der Waals surface area contributed by atoms with Gasteiger partial charge in [0.15, 0.2) is 5.82 Å². The molecule has 32 heavy (non-hydrogen) atoms. The Morgan fingerprint density at radius 1 is 1.16 bits per heavy atom. The molecule has 6 heteroatoms. The summed E-state index contributed by atoms with van der Waals surface area (Å²) in [6.45, 7) is 5.25. The highest BCUT2D eigenvalue weighted by Crippen LogP contribution is 2.30. The van der Waals surface area contributed by atoms with E-state index in [1.165, 1.54) is 21.5 Å². The molecule has 4 heterocycles. The number of hydrogen-bond acceptors (Lipinski definition) is 4. The quantitative estimate of drug-likeness (QED) is 0.391. The van der Waals surface area contributed by atoms with Gasteiger partial charge in [-0.25, -0.2) is 4.98 Å². The molecule has 4 aromatic rings. The Balaban J connectivity index is 1.23. The van der Waals surface area contributed by atoms with E-state index < -0.39 is 0 Å². The van der Waals surface area contributed by atoms with Gasteiger partial charge in [0.25, 0.3) is 0 Å². The van der Waals surface area contributed by atoms with Crippen molar-refractivity contribution in [1.29, 1.82) is 0 Å². The normalized spacial score (nSPS) is 14.9. The summed E-state index contributed by atoms with van der Waals surface area (Å²) < 4.78 is 12.1. The molecule has 0 spiro atoms. The third kappa shape index (κ3) is 4.48. The van der Waals surface area contributed by atoms with Crippen LogP contribution in [0.15, 0.2) is 48.0 Å². The predicted octanol–water partition coefficient (Wildman–Crippen LogP) is 5.43. The van der Waals surface area contributed by atoms with E-state index in [1.54, 1.807) is 11.3 Å². The van der Waals surface area contributed by atoms with E-state index in [-0.39, 0.29) is 0 Å². The van der Waals surface area contributed by atoms with Gasteiger partial charge in [-0.1, -0.05) is 19.1 Å². The molecule has 1 aromatic carbocycles. The van der Waals surface area contributed by atoms with E-state index in [0.717, 1.165) is 69.0 Å². The summed E-state index contributed by atoms with van der Waals surface area (Å²) in [7, 11) is 2.14. The lowest BCUT2D eigenvalue weighted by atomic mass is 10.1. The van der Waals surface area contributed by atoms with Gasteiger partial charge in [0.05, 0.1) is 21.6 Å². The zero-order valence-electron chi connectivity index (χ0n) is 19.0. The summed E-state index contributed by atoms with van der Waals surface area (Å²) in [4.78, 5) is 4.95. The van der Waals surface area contributed by atoms with Gasteiger partial charge < -0.3 is 19.2 Å². The summed E-state index contributed by atoms with van der Waals surface area (Å²) in [5.74, 6) is 2.08. The van der Waals surface area contributed by atoms with Crippen molar-refractivity contribution in [2.24, 2.45) is 7.05 Å². The number of hydrogen-bond donors (Lipinski definition) is 1. The fourth-order valence-electron chi connectivity index (χ4n) is 4.57. The molecule has 1 fully saturated rings. The number of piperidine rings is 1. The van der Waals surface area contributed by atoms with Gasteiger partial charge in [0, 0.05) is 19.8 Å². The van der Waals surface area contributed by atoms with Gasteiger partial charge in [-0.2, -0.15) is 0 Å². The lowest BCUT2D eigenvalue weighted by Gasteiger charge is -2.23. The van der Waals surface area contributed by atoms with Crippen molar-refractivity contribution < 1.29 is 4.74 Å². The topological polar surface area (TPSA) is 44.0 Å². The maximum atomic E-state index is 6.14. The largest absolute Gasteiger partial charge is 0.490 e. The van der Waals surface area contributed by atoms with Crippen LogP contribution in [-0.4, -0.2) is 33.3 Å². The highest BCUT2D eigenvalue weighted by molar-refractivity contribution is 7.17. The second-order valence-electron chi connectivity index (χ2n) is 8.68. The van der Waals surface area contributed by atoms with Gasteiger partial charge in [-0.15, -0.1) is 11.3 Å². The minimum Gasteiger partial charge on any atom is -0.490 e. The van der Waals surface area contributed by atoms with Crippen molar-refractivity contribution in [3.63, 3.8) is 0 Å². The Kier molecular flexibility index (Phi) is 6.32. The molecule has 0 unspecified atom stereocenters. The fraction of sp³-hybridized carbons (Fsp3) is 0.423. The van der Waals surface area contributed by atoms with Gasteiger partial charge >= 0.3 is 0 Å². The van der Waals surface area contributed by atoms with Gasteiger partial charge in [0.1, 0.15) is 11.9 Å². The predicted molar refractivity (Wildman–Crippen MR) is 133 cm³/mol. The highest BCUT2D eigenvalue weighted by Gasteiger charge is 2.16. The van der Waals surface area contributed by atoms with E-state index in [4.69, 9.17) is 9.72 Å². The lowest BCUT2D eigenvalue weighted by Crippen LogP contribution is -2.34. The molecule has 1 aliphatic rings. The Morgan fingerprint density at radius 2 is 1.97 bits per heavy atom. The molecule has 1 aliphatic heterocycles. The van der Waals surface area contributed by atoms with Gasteiger partial charge in [0.2, 0.25) is 0 Å². The van der Waals surface area contributed by atoms with Crippen molar-refractivity contribution in [2.75, 3.05) is 13.1 Å². The van der Waals surface area contributed by atoms with Crippen LogP contribution in [0.4, 0.5) is 0 Å². The number of benzene rings is 1. The van der Waals surface area contributed by atoms with Crippen LogP contribution >= 0.6 is 11.3 Å². The number of rotatable bonds is 8. The summed E-state index contributed by atoms with van der Waals surface area (Å²) in [5, 5.41) is 5.54. The Labute approximate surface area is 194 Å². The van der Waals surface area contributed by atoms with Crippen molar-refractivity contribution in [2.45, 2.75) is 51.7 Å². The first-order chi connectivity index (χ1) is 15.7. The number of ether oxygens (including phenoxy) is 1. The fourth-order valence-corrected chi connectivity index (χ4v) is 5.42. The standard InChI is InChI=1S/C26H32N4OS/c1-3-20-18-30(26(28-20)24-17-25-23(29(24)2)12-16-32-25)15-4-5-19-6-8-21(9-7-19)31-22-10-13-27-14-11-22/h6-9,12,16-18,22,27H,3-5,10-11,13-15H2,1-2H3. The molecule has 3 aromatic heterocycles. The number of aromatic nitrogens is 3. The Bertz CT molecular complexity index is 1160. The van der Waals surface area contributed by atoms with Crippen LogP contribution in [0.3, 0.4) is 0 Å². The van der Waals surface area contributed by atoms with E-state index in [2.05, 4.69) is 76.4 Å². The Hall–Kier alpha value is -2.57. The molecule has 0 amide bonds. The summed E-state index contributed by atoms with van der Waals surface area (Å²) in [5.41, 5.74) is 5.00. The van der Waals surface area contributed by atoms with E-state index in [0.29, 0.717) is 6.10 Å². The molecular formula is C26H32N4OS. The van der Waals surface area contributed by atoms with Crippen LogP contribution < -0.4 is 10.1 Å². The van der Waals surface area contributed by atoms with Gasteiger partial charge in [-0.05, 0) is 80.4 Å². The average Bonchev–Trinajstić information content (AvgIpc) is 3.52. The van der Waals surface area contributed by atoms with Crippen LogP contribution in [0.1, 0.15) is 37.4 Å². The molecule has 0 saturated carbocycles. The number of imidazole rings is 1. The minimum absolute atomic E-state index is 0.349. The molecule has 0 bridgehead atoms. The zero-order valence-corrected chi connectivity index (χ0v) is 19.8. The van der Waals surface area contributed by atoms with Crippen LogP contribution in [0.5, 0.6) is 5.75 Å². The lowest BCUT2D eigenvalue weighted by molar-refractivity contribution is 0.162. The first-order valence-corrected chi connectivity index (χ1v) is 12.6. The molecule has 0 atom stereocenters. The van der Waals surface area contributed by atoms with Crippen molar-refractivity contribution >= 4 is 21.6 Å². The zero-order chi connectivity index (χ0) is 21.9. The number of nitrogens with one attached hydrogen (secondary N) is 1. The summed E-state index contributed by atoms with van der Waals surface area (Å²) in [6.07, 6.45) is 7.85. The highest BCUT2D eigenvalue weighted by atomic mass is 32.1. The second-order valence-corrected chi connectivity index (χ2v) is 9.62. The van der Waals surface area contributed by atoms with E-state index in [1.807, 2.05) is 0 Å². The first kappa shape index (κ1) is 21.3.